The van der Waals surface area contributed by atoms with Gasteiger partial charge in [0.2, 0.25) is 0 Å². The number of halogens is 2. The van der Waals surface area contributed by atoms with Crippen molar-refractivity contribution in [1.82, 2.24) is 4.98 Å². The molecule has 0 N–H and O–H groups in total. The zero-order valence-electron chi connectivity index (χ0n) is 6.44. The van der Waals surface area contributed by atoms with Gasteiger partial charge in [0.15, 0.2) is 0 Å². The van der Waals surface area contributed by atoms with Crippen molar-refractivity contribution in [3.63, 3.8) is 0 Å². The first-order valence-electron chi connectivity index (χ1n) is 3.38. The molecule has 0 saturated carbocycles. The molecule has 1 heterocycles. The van der Waals surface area contributed by atoms with E-state index >= 15 is 0 Å². The molecule has 0 aliphatic carbocycles. The average Bonchev–Trinajstić information content (AvgIpc) is 1.94. The van der Waals surface area contributed by atoms with Gasteiger partial charge in [-0.05, 0) is 28.7 Å². The number of rotatable bonds is 1. The van der Waals surface area contributed by atoms with E-state index in [0.29, 0.717) is 4.73 Å². The molecule has 5 heteroatoms. The topological polar surface area (TPSA) is 12.9 Å². The van der Waals surface area contributed by atoms with E-state index in [1.807, 2.05) is 6.07 Å². The molecule has 0 saturated heterocycles. The molecular formula is C6H7B2BrIN. The van der Waals surface area contributed by atoms with E-state index in [-0.39, 0.29) is 0 Å². The molecule has 0 amide bonds. The van der Waals surface area contributed by atoms with Crippen LogP contribution in [0.2, 0.25) is 0 Å². The molecule has 1 rings (SSSR count). The van der Waals surface area contributed by atoms with Gasteiger partial charge in [-0.1, -0.05) is 27.5 Å². The van der Waals surface area contributed by atoms with Crippen LogP contribution in [0.4, 0.5) is 0 Å². The number of hydrogen-bond donors (Lipinski definition) is 0. The van der Waals surface area contributed by atoms with Crippen molar-refractivity contribution < 1.29 is 0 Å². The van der Waals surface area contributed by atoms with E-state index in [9.17, 15) is 0 Å². The fraction of sp³-hybridized carbons (Fsp3) is 0.167. The van der Waals surface area contributed by atoms with Crippen molar-refractivity contribution >= 4 is 59.7 Å². The first-order valence-corrected chi connectivity index (χ1v) is 5.38. The minimum Gasteiger partial charge on any atom is -0.247 e. The zero-order chi connectivity index (χ0) is 8.43. The summed E-state index contributed by atoms with van der Waals surface area (Å²) in [7, 11) is 4.17. The molecule has 0 aromatic carbocycles. The maximum Gasteiger partial charge on any atom is 0.141 e. The van der Waals surface area contributed by atoms with Gasteiger partial charge in [0.1, 0.15) is 19.4 Å². The Kier molecular flexibility index (Phi) is 3.43. The molecule has 0 bridgehead atoms. The average molecular weight is 322 g/mol. The standard InChI is InChI=1S/C6H7B2BrIN/c7-3-1-2-4(10)11-5(3)6(8)9/h1-2,6H,7-8H2. The molecule has 1 aromatic heterocycles. The first-order chi connectivity index (χ1) is 5.11. The van der Waals surface area contributed by atoms with Gasteiger partial charge in [0.05, 0.1) is 0 Å². The minimum atomic E-state index is 0.345. The fourth-order valence-electron chi connectivity index (χ4n) is 0.922. The summed E-state index contributed by atoms with van der Waals surface area (Å²) in [6, 6.07) is 4.12. The van der Waals surface area contributed by atoms with Gasteiger partial charge in [0.25, 0.3) is 0 Å². The molecule has 1 unspecified atom stereocenters. The third-order valence-electron chi connectivity index (χ3n) is 1.48. The lowest BCUT2D eigenvalue weighted by Gasteiger charge is -2.06. The van der Waals surface area contributed by atoms with Gasteiger partial charge >= 0.3 is 0 Å². The van der Waals surface area contributed by atoms with E-state index in [2.05, 4.69) is 65.3 Å². The number of alkyl halides is 1. The quantitative estimate of drug-likeness (QED) is 0.306. The van der Waals surface area contributed by atoms with Gasteiger partial charge in [0, 0.05) is 10.4 Å². The van der Waals surface area contributed by atoms with Crippen LogP contribution in [0, 0.1) is 3.70 Å². The zero-order valence-corrected chi connectivity index (χ0v) is 10.2. The van der Waals surface area contributed by atoms with Crippen LogP contribution in [-0.2, 0) is 0 Å². The molecule has 1 atom stereocenters. The van der Waals surface area contributed by atoms with Crippen molar-refractivity contribution in [2.45, 2.75) is 4.73 Å². The van der Waals surface area contributed by atoms with Crippen LogP contribution in [0.3, 0.4) is 0 Å². The molecule has 1 nitrogen and oxygen atoms in total. The smallest absolute Gasteiger partial charge is 0.141 e. The Morgan fingerprint density at radius 2 is 2.18 bits per heavy atom. The molecule has 56 valence electrons. The molecule has 1 aromatic rings. The van der Waals surface area contributed by atoms with Gasteiger partial charge < -0.3 is 0 Å². The van der Waals surface area contributed by atoms with Crippen LogP contribution < -0.4 is 5.46 Å². The number of aromatic nitrogens is 1. The van der Waals surface area contributed by atoms with E-state index < -0.39 is 0 Å². The number of hydrogen-bond acceptors (Lipinski definition) is 1. The summed E-state index contributed by atoms with van der Waals surface area (Å²) in [5, 5.41) is 0. The van der Waals surface area contributed by atoms with Crippen LogP contribution >= 0.6 is 38.5 Å². The molecule has 11 heavy (non-hydrogen) atoms. The highest BCUT2D eigenvalue weighted by atomic mass is 127. The predicted octanol–water partition coefficient (Wildman–Crippen LogP) is -0.0288. The first kappa shape index (κ1) is 9.58. The van der Waals surface area contributed by atoms with Crippen LogP contribution in [0.25, 0.3) is 0 Å². The minimum absolute atomic E-state index is 0.345. The van der Waals surface area contributed by atoms with Crippen molar-refractivity contribution in [2.75, 3.05) is 0 Å². The SMILES string of the molecule is Bc1ccc(I)nc1C(B)Br. The van der Waals surface area contributed by atoms with E-state index in [1.54, 1.807) is 0 Å². The largest absolute Gasteiger partial charge is 0.247 e. The predicted molar refractivity (Wildman–Crippen MR) is 65.3 cm³/mol. The lowest BCUT2D eigenvalue weighted by molar-refractivity contribution is 1.15. The Labute approximate surface area is 90.4 Å². The van der Waals surface area contributed by atoms with Crippen LogP contribution in [0.15, 0.2) is 12.1 Å². The van der Waals surface area contributed by atoms with Crippen molar-refractivity contribution in [2.24, 2.45) is 0 Å². The number of nitrogens with zero attached hydrogens (tertiary/aromatic N) is 1. The summed E-state index contributed by atoms with van der Waals surface area (Å²) in [5.41, 5.74) is 2.38. The second-order valence-corrected chi connectivity index (χ2v) is 4.93. The third kappa shape index (κ3) is 2.47. The van der Waals surface area contributed by atoms with E-state index in [0.717, 1.165) is 9.39 Å². The molecule has 0 fully saturated rings. The summed E-state index contributed by atoms with van der Waals surface area (Å²) in [5.74, 6) is 0. The van der Waals surface area contributed by atoms with Gasteiger partial charge in [-0.15, -0.1) is 0 Å². The molecule has 0 radical (unpaired) electrons. The molecule has 0 spiro atoms. The van der Waals surface area contributed by atoms with Gasteiger partial charge in [-0.25, -0.2) is 4.98 Å². The summed E-state index contributed by atoms with van der Waals surface area (Å²) < 4.78 is 1.40. The normalized spacial score (nSPS) is 12.9. The Hall–Kier alpha value is 0.490. The van der Waals surface area contributed by atoms with Crippen molar-refractivity contribution in [3.8, 4) is 0 Å². The maximum atomic E-state index is 4.41. The monoisotopic (exact) mass is 321 g/mol. The second-order valence-electron chi connectivity index (χ2n) is 2.45. The molecule has 0 aliphatic heterocycles. The fourth-order valence-corrected chi connectivity index (χ4v) is 1.83. The summed E-state index contributed by atoms with van der Waals surface area (Å²) >= 11 is 5.73. The highest BCUT2D eigenvalue weighted by Crippen LogP contribution is 2.14. The van der Waals surface area contributed by atoms with Gasteiger partial charge in [-0.3, -0.25) is 0 Å². The Morgan fingerprint density at radius 1 is 1.55 bits per heavy atom. The van der Waals surface area contributed by atoms with Crippen LogP contribution in [0.1, 0.15) is 10.4 Å². The molecular weight excluding hydrogens is 315 g/mol. The maximum absolute atomic E-state index is 4.41. The second kappa shape index (κ2) is 3.94. The lowest BCUT2D eigenvalue weighted by atomic mass is 9.88. The summed E-state index contributed by atoms with van der Waals surface area (Å²) in [6.45, 7) is 0. The number of pyridine rings is 1. The Bertz CT molecular complexity index is 267. The van der Waals surface area contributed by atoms with Crippen LogP contribution in [-0.4, -0.2) is 20.7 Å². The summed E-state index contributed by atoms with van der Waals surface area (Å²) in [4.78, 5) is 4.41. The Morgan fingerprint density at radius 3 is 2.64 bits per heavy atom. The van der Waals surface area contributed by atoms with Crippen LogP contribution in [0.5, 0.6) is 0 Å². The van der Waals surface area contributed by atoms with Gasteiger partial charge in [-0.2, -0.15) is 0 Å². The van der Waals surface area contributed by atoms with Crippen molar-refractivity contribution in [1.29, 1.82) is 0 Å². The van der Waals surface area contributed by atoms with E-state index in [1.165, 1.54) is 5.46 Å². The highest BCUT2D eigenvalue weighted by molar-refractivity contribution is 14.1. The summed E-state index contributed by atoms with van der Waals surface area (Å²) in [6.07, 6.45) is 0. The molecule has 0 aliphatic rings. The third-order valence-corrected chi connectivity index (χ3v) is 2.51. The van der Waals surface area contributed by atoms with Crippen molar-refractivity contribution in [3.05, 3.63) is 21.5 Å². The van der Waals surface area contributed by atoms with E-state index in [4.69, 9.17) is 0 Å². The Balaban J connectivity index is 3.13. The highest BCUT2D eigenvalue weighted by Gasteiger charge is 2.05. The lowest BCUT2D eigenvalue weighted by Crippen LogP contribution is -2.14.